The lowest BCUT2D eigenvalue weighted by atomic mass is 9.88. The molecular formula is C24H28N4. The number of hydrogen-bond acceptors (Lipinski definition) is 3. The lowest BCUT2D eigenvalue weighted by molar-refractivity contribution is 0.234. The number of aromatic amines is 1. The van der Waals surface area contributed by atoms with Crippen LogP contribution in [0.2, 0.25) is 0 Å². The van der Waals surface area contributed by atoms with E-state index in [1.807, 2.05) is 32.3 Å². The molecule has 0 bridgehead atoms. The van der Waals surface area contributed by atoms with E-state index in [0.29, 0.717) is 5.92 Å². The summed E-state index contributed by atoms with van der Waals surface area (Å²) in [5.74, 6) is 3.22. The fraction of sp³-hybridized carbons (Fsp3) is 0.333. The predicted molar refractivity (Wildman–Crippen MR) is 116 cm³/mol. The molecule has 0 aliphatic carbocycles. The quantitative estimate of drug-likeness (QED) is 0.657. The molecule has 0 unspecified atom stereocenters. The smallest absolute Gasteiger partial charge is 0.100 e. The minimum absolute atomic E-state index is 0.470. The molecule has 1 fully saturated rings. The van der Waals surface area contributed by atoms with Crippen LogP contribution in [0.15, 0.2) is 54.9 Å². The molecule has 1 aromatic carbocycles. The number of aromatic nitrogens is 3. The van der Waals surface area contributed by atoms with Gasteiger partial charge in [-0.05, 0) is 43.6 Å². The van der Waals surface area contributed by atoms with E-state index in [1.165, 1.54) is 11.3 Å². The van der Waals surface area contributed by atoms with Crippen molar-refractivity contribution < 1.29 is 0 Å². The normalized spacial score (nSPS) is 14.8. The first-order valence-corrected chi connectivity index (χ1v) is 10.1. The van der Waals surface area contributed by atoms with Gasteiger partial charge in [0.25, 0.3) is 0 Å². The van der Waals surface area contributed by atoms with Crippen molar-refractivity contribution in [3.63, 3.8) is 0 Å². The van der Waals surface area contributed by atoms with Gasteiger partial charge in [0.2, 0.25) is 0 Å². The zero-order chi connectivity index (χ0) is 19.8. The number of H-pyrrole nitrogens is 1. The number of likely N-dealkylation sites (tertiary alicyclic amines) is 1. The second kappa shape index (κ2) is 9.87. The van der Waals surface area contributed by atoms with E-state index in [2.05, 4.69) is 57.3 Å². The van der Waals surface area contributed by atoms with Crippen LogP contribution in [0.4, 0.5) is 0 Å². The van der Waals surface area contributed by atoms with Crippen molar-refractivity contribution in [2.75, 3.05) is 19.6 Å². The molecule has 144 valence electrons. The molecule has 4 rings (SSSR count). The zero-order valence-electron chi connectivity index (χ0n) is 16.7. The first kappa shape index (κ1) is 19.9. The fourth-order valence-electron chi connectivity index (χ4n) is 3.78. The maximum absolute atomic E-state index is 5.46. The van der Waals surface area contributed by atoms with Crippen molar-refractivity contribution in [2.45, 2.75) is 32.6 Å². The molecule has 0 saturated carbocycles. The van der Waals surface area contributed by atoms with E-state index in [1.54, 1.807) is 0 Å². The van der Waals surface area contributed by atoms with Gasteiger partial charge in [0.15, 0.2) is 0 Å². The van der Waals surface area contributed by atoms with Gasteiger partial charge < -0.3 is 0 Å². The van der Waals surface area contributed by atoms with E-state index in [4.69, 9.17) is 11.5 Å². The van der Waals surface area contributed by atoms with Crippen molar-refractivity contribution in [1.29, 1.82) is 0 Å². The average molecular weight is 373 g/mol. The first-order valence-electron chi connectivity index (χ1n) is 10.1. The van der Waals surface area contributed by atoms with Gasteiger partial charge in [0, 0.05) is 35.1 Å². The van der Waals surface area contributed by atoms with E-state index in [-0.39, 0.29) is 0 Å². The van der Waals surface area contributed by atoms with Crippen LogP contribution >= 0.6 is 0 Å². The highest BCUT2D eigenvalue weighted by Gasteiger charge is 2.26. The summed E-state index contributed by atoms with van der Waals surface area (Å²) in [4.78, 5) is 6.52. The Morgan fingerprint density at radius 1 is 1.04 bits per heavy atom. The number of pyridine rings is 1. The van der Waals surface area contributed by atoms with Crippen LogP contribution in [0.1, 0.15) is 38.3 Å². The van der Waals surface area contributed by atoms with Crippen molar-refractivity contribution in [3.8, 4) is 34.7 Å². The number of terminal acetylenes is 1. The third-order valence-electron chi connectivity index (χ3n) is 5.12. The van der Waals surface area contributed by atoms with Crippen molar-refractivity contribution in [2.24, 2.45) is 0 Å². The van der Waals surface area contributed by atoms with Crippen LogP contribution in [0.5, 0.6) is 0 Å². The summed E-state index contributed by atoms with van der Waals surface area (Å²) < 4.78 is 0. The monoisotopic (exact) mass is 372 g/mol. The van der Waals surface area contributed by atoms with Crippen molar-refractivity contribution >= 4 is 0 Å². The molecular weight excluding hydrogens is 344 g/mol. The summed E-state index contributed by atoms with van der Waals surface area (Å²) in [6, 6.07) is 14.5. The summed E-state index contributed by atoms with van der Waals surface area (Å²) in [5, 5.41) is 8.06. The van der Waals surface area contributed by atoms with Crippen LogP contribution < -0.4 is 0 Å². The van der Waals surface area contributed by atoms with Crippen LogP contribution in [-0.4, -0.2) is 39.7 Å². The van der Waals surface area contributed by atoms with E-state index < -0.39 is 0 Å². The van der Waals surface area contributed by atoms with Crippen LogP contribution in [0.3, 0.4) is 0 Å². The maximum atomic E-state index is 5.46. The Morgan fingerprint density at radius 2 is 1.71 bits per heavy atom. The Balaban J connectivity index is 0.00000109. The molecule has 1 aliphatic heterocycles. The van der Waals surface area contributed by atoms with Gasteiger partial charge in [-0.3, -0.25) is 15.0 Å². The molecule has 1 saturated heterocycles. The number of hydrogen-bond donors (Lipinski definition) is 1. The number of nitrogens with zero attached hydrogens (tertiary/aromatic N) is 3. The van der Waals surface area contributed by atoms with Gasteiger partial charge in [-0.1, -0.05) is 50.1 Å². The lowest BCUT2D eigenvalue weighted by Crippen LogP contribution is -2.33. The Hall–Kier alpha value is -2.90. The molecule has 1 N–H and O–H groups in total. The number of benzene rings is 1. The molecule has 3 heterocycles. The molecule has 0 amide bonds. The second-order valence-electron chi connectivity index (χ2n) is 6.72. The molecule has 4 heteroatoms. The lowest BCUT2D eigenvalue weighted by Gasteiger charge is -2.30. The largest absolute Gasteiger partial charge is 0.292 e. The highest BCUT2D eigenvalue weighted by molar-refractivity contribution is 5.82. The number of rotatable bonds is 4. The Morgan fingerprint density at radius 3 is 2.36 bits per heavy atom. The molecule has 1 aliphatic rings. The Bertz CT molecular complexity index is 885. The van der Waals surface area contributed by atoms with Crippen molar-refractivity contribution in [3.05, 3.63) is 60.6 Å². The second-order valence-corrected chi connectivity index (χ2v) is 6.72. The third kappa shape index (κ3) is 4.32. The number of nitrogens with one attached hydrogen (secondary N) is 1. The Kier molecular flexibility index (Phi) is 7.00. The average Bonchev–Trinajstić information content (AvgIpc) is 3.22. The van der Waals surface area contributed by atoms with E-state index in [9.17, 15) is 0 Å². The van der Waals surface area contributed by atoms with Crippen molar-refractivity contribution in [1.82, 2.24) is 20.1 Å². The molecule has 0 spiro atoms. The molecule has 0 atom stereocenters. The highest BCUT2D eigenvalue weighted by atomic mass is 15.1. The molecule has 3 aromatic rings. The van der Waals surface area contributed by atoms with Crippen LogP contribution in [0.25, 0.3) is 22.4 Å². The summed E-state index contributed by atoms with van der Waals surface area (Å²) in [5.41, 5.74) is 5.74. The van der Waals surface area contributed by atoms with Gasteiger partial charge in [-0.25, -0.2) is 0 Å². The summed E-state index contributed by atoms with van der Waals surface area (Å²) in [6.45, 7) is 6.80. The SMILES string of the molecule is C#CCN1CCC(c2[nH]nc(-c3ccccc3)c2-c2ccncc2)CC1.CC. The molecule has 0 radical (unpaired) electrons. The zero-order valence-corrected chi connectivity index (χ0v) is 16.7. The van der Waals surface area contributed by atoms with Crippen LogP contribution in [-0.2, 0) is 0 Å². The molecule has 2 aromatic heterocycles. The maximum Gasteiger partial charge on any atom is 0.100 e. The summed E-state index contributed by atoms with van der Waals surface area (Å²) in [6.07, 6.45) is 11.3. The van der Waals surface area contributed by atoms with Crippen LogP contribution in [0, 0.1) is 12.3 Å². The molecule has 4 nitrogen and oxygen atoms in total. The Labute approximate surface area is 168 Å². The van der Waals surface area contributed by atoms with Gasteiger partial charge in [0.1, 0.15) is 5.69 Å². The third-order valence-corrected chi connectivity index (χ3v) is 5.12. The van der Waals surface area contributed by atoms with Gasteiger partial charge in [-0.2, -0.15) is 5.10 Å². The first-order chi connectivity index (χ1) is 13.9. The molecule has 28 heavy (non-hydrogen) atoms. The van der Waals surface area contributed by atoms with Gasteiger partial charge >= 0.3 is 0 Å². The highest BCUT2D eigenvalue weighted by Crippen LogP contribution is 2.39. The number of piperidine rings is 1. The minimum Gasteiger partial charge on any atom is -0.292 e. The fourth-order valence-corrected chi connectivity index (χ4v) is 3.78. The topological polar surface area (TPSA) is 44.8 Å². The standard InChI is InChI=1S/C22H22N4.C2H6/c1-2-14-26-15-10-19(11-16-26)22-20(17-8-12-23-13-9-17)21(24-25-22)18-6-4-3-5-7-18;1-2/h1,3-9,12-13,19H,10-11,14-16H2,(H,24,25);1-2H3. The summed E-state index contributed by atoms with van der Waals surface area (Å²) in [7, 11) is 0. The predicted octanol–water partition coefficient (Wildman–Crippen LogP) is 4.98. The summed E-state index contributed by atoms with van der Waals surface area (Å²) >= 11 is 0. The van der Waals surface area contributed by atoms with Gasteiger partial charge in [0.05, 0.1) is 6.54 Å². The van der Waals surface area contributed by atoms with E-state index in [0.717, 1.165) is 49.3 Å². The van der Waals surface area contributed by atoms with E-state index >= 15 is 0 Å². The van der Waals surface area contributed by atoms with Gasteiger partial charge in [-0.15, -0.1) is 6.42 Å². The minimum atomic E-state index is 0.470.